The molecule has 2 aromatic carbocycles. The van der Waals surface area contributed by atoms with Gasteiger partial charge in [0.2, 0.25) is 15.9 Å². The molecule has 4 rings (SSSR count). The van der Waals surface area contributed by atoms with Crippen LogP contribution in [0.15, 0.2) is 58.8 Å². The minimum atomic E-state index is -3.66. The highest BCUT2D eigenvalue weighted by atomic mass is 32.2. The second-order valence-corrected chi connectivity index (χ2v) is 10.2. The third-order valence-electron chi connectivity index (χ3n) is 5.53. The second-order valence-electron chi connectivity index (χ2n) is 7.62. The van der Waals surface area contributed by atoms with Gasteiger partial charge in [0.1, 0.15) is 5.69 Å². The van der Waals surface area contributed by atoms with Gasteiger partial charge in [-0.2, -0.15) is 4.31 Å². The molecule has 3 aromatic rings. The van der Waals surface area contributed by atoms with Gasteiger partial charge in [-0.15, -0.1) is 5.10 Å². The number of amides is 1. The average molecular weight is 471 g/mol. The van der Waals surface area contributed by atoms with E-state index in [-0.39, 0.29) is 35.6 Å². The summed E-state index contributed by atoms with van der Waals surface area (Å²) in [5.74, 6) is -0.490. The maximum Gasteiger partial charge on any atom is 0.243 e. The molecule has 0 saturated carbocycles. The summed E-state index contributed by atoms with van der Waals surface area (Å²) >= 11 is 1.28. The number of sulfonamides is 1. The topological polar surface area (TPSA) is 109 Å². The van der Waals surface area contributed by atoms with Crippen molar-refractivity contribution < 1.29 is 18.0 Å². The third-order valence-corrected chi connectivity index (χ3v) is 7.95. The number of nitrogens with zero attached hydrogens (tertiary/aromatic N) is 3. The Labute approximate surface area is 190 Å². The first-order chi connectivity index (χ1) is 15.3. The molecule has 0 spiro atoms. The summed E-state index contributed by atoms with van der Waals surface area (Å²) in [6.07, 6.45) is 0.887. The van der Waals surface area contributed by atoms with Crippen LogP contribution in [0.25, 0.3) is 11.3 Å². The largest absolute Gasteiger partial charge is 0.326 e. The number of carbonyl (C=O) groups excluding carboxylic acids is 2. The molecule has 0 aliphatic carbocycles. The quantitative estimate of drug-likeness (QED) is 0.553. The van der Waals surface area contributed by atoms with Gasteiger partial charge < -0.3 is 5.32 Å². The molecular formula is C22H22N4O4S2. The van der Waals surface area contributed by atoms with Crippen LogP contribution in [0, 0.1) is 5.92 Å². The molecule has 1 aliphatic heterocycles. The zero-order chi connectivity index (χ0) is 22.7. The van der Waals surface area contributed by atoms with Gasteiger partial charge in [-0.3, -0.25) is 9.59 Å². The van der Waals surface area contributed by atoms with Crippen molar-refractivity contribution in [1.82, 2.24) is 13.9 Å². The molecule has 1 saturated heterocycles. The lowest BCUT2D eigenvalue weighted by molar-refractivity contribution is -0.120. The van der Waals surface area contributed by atoms with Crippen molar-refractivity contribution in [3.8, 4) is 11.3 Å². The van der Waals surface area contributed by atoms with E-state index >= 15 is 0 Å². The van der Waals surface area contributed by atoms with Crippen LogP contribution >= 0.6 is 11.5 Å². The number of hydrogen-bond donors (Lipinski definition) is 1. The fourth-order valence-corrected chi connectivity index (χ4v) is 5.56. The predicted molar refractivity (Wildman–Crippen MR) is 122 cm³/mol. The van der Waals surface area contributed by atoms with E-state index in [1.54, 1.807) is 0 Å². The Morgan fingerprint density at radius 3 is 2.25 bits per heavy atom. The van der Waals surface area contributed by atoms with E-state index in [0.29, 0.717) is 24.1 Å². The van der Waals surface area contributed by atoms with E-state index in [9.17, 15) is 18.0 Å². The maximum absolute atomic E-state index is 12.9. The molecule has 0 unspecified atom stereocenters. The maximum atomic E-state index is 12.9. The first kappa shape index (κ1) is 22.3. The van der Waals surface area contributed by atoms with Gasteiger partial charge in [0.25, 0.3) is 0 Å². The SMILES string of the molecule is CC(=O)c1ccc(S(=O)(=O)N2CCC(C(=O)Nc3ccc(-c4csnn4)cc3)CC2)cc1. The zero-order valence-electron chi connectivity index (χ0n) is 17.4. The zero-order valence-corrected chi connectivity index (χ0v) is 19.0. The number of Topliss-reactive ketones (excluding diaryl/α,β-unsaturated/α-hetero) is 1. The number of piperidine rings is 1. The van der Waals surface area contributed by atoms with E-state index in [4.69, 9.17) is 0 Å². The van der Waals surface area contributed by atoms with E-state index < -0.39 is 10.0 Å². The summed E-state index contributed by atoms with van der Waals surface area (Å²) in [6, 6.07) is 13.3. The monoisotopic (exact) mass is 470 g/mol. The Morgan fingerprint density at radius 2 is 1.69 bits per heavy atom. The first-order valence-corrected chi connectivity index (χ1v) is 12.4. The molecule has 0 radical (unpaired) electrons. The summed E-state index contributed by atoms with van der Waals surface area (Å²) in [7, 11) is -3.66. The van der Waals surface area contributed by atoms with Gasteiger partial charge >= 0.3 is 0 Å². The molecule has 1 aromatic heterocycles. The molecule has 32 heavy (non-hydrogen) atoms. The highest BCUT2D eigenvalue weighted by Crippen LogP contribution is 2.26. The Hall–Kier alpha value is -2.95. The van der Waals surface area contributed by atoms with Gasteiger partial charge in [0.15, 0.2) is 5.78 Å². The van der Waals surface area contributed by atoms with Gasteiger partial charge in [-0.05, 0) is 55.6 Å². The molecular weight excluding hydrogens is 448 g/mol. The number of carbonyl (C=O) groups is 2. The molecule has 166 valence electrons. The third kappa shape index (κ3) is 4.77. The van der Waals surface area contributed by atoms with Crippen molar-refractivity contribution in [1.29, 1.82) is 0 Å². The lowest BCUT2D eigenvalue weighted by Gasteiger charge is -2.30. The Kier molecular flexibility index (Phi) is 6.45. The van der Waals surface area contributed by atoms with Crippen LogP contribution in [0.5, 0.6) is 0 Å². The first-order valence-electron chi connectivity index (χ1n) is 10.1. The normalized spacial score (nSPS) is 15.4. The Bertz CT molecular complexity index is 1200. The molecule has 0 atom stereocenters. The van der Waals surface area contributed by atoms with Crippen LogP contribution in [0.1, 0.15) is 30.1 Å². The van der Waals surface area contributed by atoms with Gasteiger partial charge in [0, 0.05) is 41.2 Å². The number of aromatic nitrogens is 2. The Balaban J connectivity index is 1.34. The number of nitrogens with one attached hydrogen (secondary N) is 1. The smallest absolute Gasteiger partial charge is 0.243 e. The van der Waals surface area contributed by atoms with Crippen molar-refractivity contribution in [3.63, 3.8) is 0 Å². The summed E-state index contributed by atoms with van der Waals surface area (Å²) in [5.41, 5.74) is 2.86. The minimum Gasteiger partial charge on any atom is -0.326 e. The summed E-state index contributed by atoms with van der Waals surface area (Å²) < 4.78 is 31.0. The number of hydrogen-bond acceptors (Lipinski definition) is 7. The van der Waals surface area contributed by atoms with Crippen molar-refractivity contribution >= 4 is 38.9 Å². The molecule has 2 heterocycles. The number of ketones is 1. The van der Waals surface area contributed by atoms with Crippen molar-refractivity contribution in [2.24, 2.45) is 5.92 Å². The average Bonchev–Trinajstić information content (AvgIpc) is 3.35. The summed E-state index contributed by atoms with van der Waals surface area (Å²) in [6.45, 7) is 1.97. The second kappa shape index (κ2) is 9.27. The lowest BCUT2D eigenvalue weighted by atomic mass is 9.97. The fraction of sp³-hybridized carbons (Fsp3) is 0.273. The van der Waals surface area contributed by atoms with E-state index in [2.05, 4.69) is 14.9 Å². The van der Waals surface area contributed by atoms with Crippen LogP contribution in [0.2, 0.25) is 0 Å². The van der Waals surface area contributed by atoms with Crippen LogP contribution < -0.4 is 5.32 Å². The molecule has 1 fully saturated rings. The van der Waals surface area contributed by atoms with Crippen molar-refractivity contribution in [2.45, 2.75) is 24.7 Å². The standard InChI is InChI=1S/C22H22N4O4S2/c1-15(27)16-4-8-20(9-5-16)32(29,30)26-12-10-18(11-13-26)22(28)23-19-6-2-17(3-7-19)21-14-31-25-24-21/h2-9,14,18H,10-13H2,1H3,(H,23,28). The van der Waals surface area contributed by atoms with Gasteiger partial charge in [-0.1, -0.05) is 28.8 Å². The summed E-state index contributed by atoms with van der Waals surface area (Å²) in [5, 5.41) is 8.79. The highest BCUT2D eigenvalue weighted by Gasteiger charge is 2.32. The molecule has 0 bridgehead atoms. The molecule has 8 nitrogen and oxygen atoms in total. The van der Waals surface area contributed by atoms with E-state index in [1.807, 2.05) is 29.6 Å². The van der Waals surface area contributed by atoms with Crippen molar-refractivity contribution in [3.05, 3.63) is 59.5 Å². The fourth-order valence-electron chi connectivity index (χ4n) is 3.63. The van der Waals surface area contributed by atoms with Crippen LogP contribution in [0.4, 0.5) is 5.69 Å². The number of benzene rings is 2. The number of rotatable bonds is 6. The van der Waals surface area contributed by atoms with Gasteiger partial charge in [0.05, 0.1) is 4.90 Å². The number of anilines is 1. The van der Waals surface area contributed by atoms with Gasteiger partial charge in [-0.25, -0.2) is 8.42 Å². The highest BCUT2D eigenvalue weighted by molar-refractivity contribution is 7.89. The predicted octanol–water partition coefficient (Wildman–Crippen LogP) is 3.45. The molecule has 1 aliphatic rings. The van der Waals surface area contributed by atoms with Crippen molar-refractivity contribution in [2.75, 3.05) is 18.4 Å². The van der Waals surface area contributed by atoms with E-state index in [0.717, 1.165) is 11.3 Å². The van der Waals surface area contributed by atoms with Crippen LogP contribution in [-0.2, 0) is 14.8 Å². The van der Waals surface area contributed by atoms with E-state index in [1.165, 1.54) is 47.0 Å². The minimum absolute atomic E-state index is 0.115. The van der Waals surface area contributed by atoms with Crippen LogP contribution in [-0.4, -0.2) is 47.1 Å². The van der Waals surface area contributed by atoms with Crippen LogP contribution in [0.3, 0.4) is 0 Å². The summed E-state index contributed by atoms with van der Waals surface area (Å²) in [4.78, 5) is 24.2. The molecule has 1 amide bonds. The molecule has 1 N–H and O–H groups in total. The lowest BCUT2D eigenvalue weighted by Crippen LogP contribution is -2.41. The Morgan fingerprint density at radius 1 is 1.03 bits per heavy atom. The molecule has 10 heteroatoms.